The van der Waals surface area contributed by atoms with Crippen LogP contribution in [-0.2, 0) is 0 Å². The molecule has 2 saturated carbocycles. The maximum absolute atomic E-state index is 13.1. The van der Waals surface area contributed by atoms with Crippen LogP contribution in [0.15, 0.2) is 67.0 Å². The summed E-state index contributed by atoms with van der Waals surface area (Å²) in [7, 11) is 0. The lowest BCUT2D eigenvalue weighted by Crippen LogP contribution is -2.58. The van der Waals surface area contributed by atoms with Gasteiger partial charge in [-0.25, -0.2) is 9.31 Å². The van der Waals surface area contributed by atoms with Crippen molar-refractivity contribution in [3.05, 3.63) is 83.7 Å². The number of carbonyl (C=O) groups is 3. The van der Waals surface area contributed by atoms with E-state index in [0.29, 0.717) is 28.1 Å². The van der Waals surface area contributed by atoms with E-state index in [4.69, 9.17) is 15.2 Å². The first-order valence-electron chi connectivity index (χ1n) is 14.5. The number of ether oxygens (including phenoxy) is 2. The zero-order valence-electron chi connectivity index (χ0n) is 24.4. The van der Waals surface area contributed by atoms with Crippen molar-refractivity contribution in [1.82, 2.24) is 14.9 Å². The van der Waals surface area contributed by atoms with Crippen LogP contribution >= 0.6 is 0 Å². The number of aromatic nitrogens is 2. The molecule has 11 heteroatoms. The van der Waals surface area contributed by atoms with Gasteiger partial charge in [0.25, 0.3) is 11.8 Å². The Labute approximate surface area is 253 Å². The molecule has 6 rings (SSSR count). The summed E-state index contributed by atoms with van der Waals surface area (Å²) in [6.07, 6.45) is 6.36. The van der Waals surface area contributed by atoms with Gasteiger partial charge < -0.3 is 30.7 Å². The van der Waals surface area contributed by atoms with Gasteiger partial charge in [-0.1, -0.05) is 18.2 Å². The predicted octanol–water partition coefficient (Wildman–Crippen LogP) is 4.07. The first-order chi connectivity index (χ1) is 20.9. The number of pyridine rings is 1. The van der Waals surface area contributed by atoms with E-state index in [1.165, 1.54) is 12.3 Å². The van der Waals surface area contributed by atoms with Crippen LogP contribution < -0.4 is 20.5 Å². The Balaban J connectivity index is 1.05. The fourth-order valence-corrected chi connectivity index (χ4v) is 6.17. The normalized spacial score (nSPS) is 20.9. The number of hydrogen-bond acceptors (Lipinski definition) is 7. The topological polar surface area (TPSA) is 165 Å². The lowest BCUT2D eigenvalue weighted by molar-refractivity contribution is -0.0834. The molecule has 2 aliphatic carbocycles. The van der Waals surface area contributed by atoms with Crippen LogP contribution in [0.25, 0.3) is 16.6 Å². The van der Waals surface area contributed by atoms with Crippen LogP contribution in [0.1, 0.15) is 70.6 Å². The van der Waals surface area contributed by atoms with Gasteiger partial charge in [0.2, 0.25) is 0 Å². The van der Waals surface area contributed by atoms with E-state index in [9.17, 15) is 24.6 Å². The quantitative estimate of drug-likeness (QED) is 0.212. The van der Waals surface area contributed by atoms with Gasteiger partial charge in [0.15, 0.2) is 0 Å². The first-order valence-corrected chi connectivity index (χ1v) is 14.5. The monoisotopic (exact) mass is 598 g/mol. The van der Waals surface area contributed by atoms with Crippen LogP contribution in [-0.4, -0.2) is 62.0 Å². The molecule has 11 nitrogen and oxygen atoms in total. The summed E-state index contributed by atoms with van der Waals surface area (Å²) in [5.41, 5.74) is 7.71. The number of hydrogen-bond donors (Lipinski definition) is 4. The van der Waals surface area contributed by atoms with Crippen LogP contribution in [0.4, 0.5) is 0 Å². The van der Waals surface area contributed by atoms with Gasteiger partial charge in [-0.2, -0.15) is 5.10 Å². The molecule has 0 saturated heterocycles. The van der Waals surface area contributed by atoms with E-state index in [-0.39, 0.29) is 41.2 Å². The third-order valence-electron chi connectivity index (χ3n) is 8.32. The molecule has 2 aromatic carbocycles. The van der Waals surface area contributed by atoms with Crippen LogP contribution in [0.5, 0.6) is 11.5 Å². The smallest absolute Gasteiger partial charge is 0.335 e. The summed E-state index contributed by atoms with van der Waals surface area (Å²) < 4.78 is 13.4. The van der Waals surface area contributed by atoms with Gasteiger partial charge in [-0.05, 0) is 92.5 Å². The number of nitrogens with two attached hydrogens (primary N) is 1. The summed E-state index contributed by atoms with van der Waals surface area (Å²) in [5, 5.41) is 26.6. The number of carbonyl (C=O) groups excluding carboxylic acids is 2. The van der Waals surface area contributed by atoms with E-state index in [2.05, 4.69) is 10.4 Å². The van der Waals surface area contributed by atoms with Gasteiger partial charge in [0.05, 0.1) is 46.3 Å². The molecule has 44 heavy (non-hydrogen) atoms. The van der Waals surface area contributed by atoms with Gasteiger partial charge in [-0.3, -0.25) is 9.59 Å². The molecule has 4 aromatic rings. The minimum Gasteiger partial charge on any atom is -0.490 e. The molecule has 5 N–H and O–H groups in total. The highest BCUT2D eigenvalue weighted by Gasteiger charge is 2.54. The molecular weight excluding hydrogens is 564 g/mol. The second kappa shape index (κ2) is 11.0. The Morgan fingerprint density at radius 3 is 2.50 bits per heavy atom. The number of aliphatic hydroxyl groups is 1. The second-order valence-corrected chi connectivity index (χ2v) is 12.5. The number of amides is 2. The average Bonchev–Trinajstić information content (AvgIpc) is 3.36. The first kappa shape index (κ1) is 29.2. The molecule has 0 bridgehead atoms. The highest BCUT2D eigenvalue weighted by Crippen LogP contribution is 2.57. The third-order valence-corrected chi connectivity index (χ3v) is 8.32. The Morgan fingerprint density at radius 2 is 1.80 bits per heavy atom. The predicted molar refractivity (Wildman–Crippen MR) is 161 cm³/mol. The maximum Gasteiger partial charge on any atom is 0.335 e. The van der Waals surface area contributed by atoms with Crippen molar-refractivity contribution < 1.29 is 34.1 Å². The molecule has 2 amide bonds. The van der Waals surface area contributed by atoms with E-state index in [1.807, 2.05) is 0 Å². The number of aromatic carboxylic acids is 1. The van der Waals surface area contributed by atoms with Crippen molar-refractivity contribution in [1.29, 1.82) is 0 Å². The Hall–Kier alpha value is -4.90. The number of nitrogens with one attached hydrogen (secondary N) is 1. The lowest BCUT2D eigenvalue weighted by atomic mass is 9.53. The minimum atomic E-state index is -1.02. The molecule has 0 atom stereocenters. The van der Waals surface area contributed by atoms with Crippen LogP contribution in [0, 0.1) is 5.41 Å². The molecule has 228 valence electrons. The Morgan fingerprint density at radius 1 is 1.05 bits per heavy atom. The highest BCUT2D eigenvalue weighted by molar-refractivity contribution is 6.01. The molecule has 0 aliphatic heterocycles. The number of carboxylic acids is 1. The number of fused-ring (bicyclic) bond motifs is 1. The van der Waals surface area contributed by atoms with Crippen molar-refractivity contribution in [2.45, 2.75) is 57.3 Å². The Kier molecular flexibility index (Phi) is 7.28. The summed E-state index contributed by atoms with van der Waals surface area (Å²) in [6, 6.07) is 15.2. The van der Waals surface area contributed by atoms with Crippen molar-refractivity contribution in [2.24, 2.45) is 11.1 Å². The SMILES string of the molecule is CC(C)(O)COc1ccc2c(C(=O)NC3CC4(C3)CC(Oc3cc(-c5cccc(C(=O)O)c5)ccc3C(N)=O)C4)cnn2c1. The molecule has 2 heterocycles. The molecule has 0 radical (unpaired) electrons. The standard InChI is InChI=1S/C33H34N4O7/c1-32(2,42)18-43-23-7-9-27-26(16-35-37(27)17-23)30(39)36-22-12-33(13-22)14-24(15-33)44-28-11-20(6-8-25(28)29(34)38)19-4-3-5-21(10-19)31(40)41/h3-11,16-17,22,24,42H,12-15,18H2,1-2H3,(H2,34,38)(H,36,39)(H,40,41). The summed E-state index contributed by atoms with van der Waals surface area (Å²) in [5.74, 6) is -0.890. The van der Waals surface area contributed by atoms with E-state index in [1.54, 1.807) is 73.1 Å². The highest BCUT2D eigenvalue weighted by atomic mass is 16.5. The van der Waals surface area contributed by atoms with Gasteiger partial charge in [0.1, 0.15) is 18.1 Å². The zero-order chi connectivity index (χ0) is 31.2. The van der Waals surface area contributed by atoms with Crippen molar-refractivity contribution in [3.8, 4) is 22.6 Å². The van der Waals surface area contributed by atoms with E-state index in [0.717, 1.165) is 31.2 Å². The third kappa shape index (κ3) is 5.96. The van der Waals surface area contributed by atoms with Crippen molar-refractivity contribution in [2.75, 3.05) is 6.61 Å². The number of rotatable bonds is 10. The average molecular weight is 599 g/mol. The van der Waals surface area contributed by atoms with Gasteiger partial charge in [-0.15, -0.1) is 0 Å². The number of primary amides is 1. The van der Waals surface area contributed by atoms with Crippen LogP contribution in [0.3, 0.4) is 0 Å². The zero-order valence-corrected chi connectivity index (χ0v) is 24.4. The number of carboxylic acid groups (broad SMARTS) is 1. The molecule has 2 aromatic heterocycles. The van der Waals surface area contributed by atoms with Gasteiger partial charge >= 0.3 is 5.97 Å². The van der Waals surface area contributed by atoms with Gasteiger partial charge in [0, 0.05) is 6.04 Å². The van der Waals surface area contributed by atoms with E-state index < -0.39 is 17.5 Å². The van der Waals surface area contributed by atoms with Crippen molar-refractivity contribution >= 4 is 23.3 Å². The molecule has 2 fully saturated rings. The number of benzene rings is 2. The summed E-state index contributed by atoms with van der Waals surface area (Å²) in [6.45, 7) is 3.45. The fraction of sp³-hybridized carbons (Fsp3) is 0.333. The molecule has 1 spiro atoms. The summed E-state index contributed by atoms with van der Waals surface area (Å²) in [4.78, 5) is 36.6. The lowest BCUT2D eigenvalue weighted by Gasteiger charge is -2.57. The second-order valence-electron chi connectivity index (χ2n) is 12.5. The maximum atomic E-state index is 13.1. The molecule has 2 aliphatic rings. The van der Waals surface area contributed by atoms with Crippen LogP contribution in [0.2, 0.25) is 0 Å². The minimum absolute atomic E-state index is 0.0406. The molecule has 0 unspecified atom stereocenters. The molecular formula is C33H34N4O7. The Bertz CT molecular complexity index is 1760. The fourth-order valence-electron chi connectivity index (χ4n) is 6.17. The van der Waals surface area contributed by atoms with Crippen molar-refractivity contribution in [3.63, 3.8) is 0 Å². The summed E-state index contributed by atoms with van der Waals surface area (Å²) >= 11 is 0. The van der Waals surface area contributed by atoms with E-state index >= 15 is 0 Å². The number of nitrogens with zero attached hydrogens (tertiary/aromatic N) is 2. The largest absolute Gasteiger partial charge is 0.490 e.